The Balaban J connectivity index is 2.46. The fourth-order valence-electron chi connectivity index (χ4n) is 1.02. The molecule has 0 radical (unpaired) electrons. The second-order valence-electron chi connectivity index (χ2n) is 2.85. The first-order valence-electron chi connectivity index (χ1n) is 4.41. The largest absolute Gasteiger partial charge is 0.492 e. The molecule has 0 bridgehead atoms. The third kappa shape index (κ3) is 3.20. The molecule has 0 saturated heterocycles. The van der Waals surface area contributed by atoms with Crippen LogP contribution in [-0.4, -0.2) is 20.3 Å². The minimum absolute atomic E-state index is 0.635. The summed E-state index contributed by atoms with van der Waals surface area (Å²) in [6, 6.07) is 5.57. The molecule has 4 heteroatoms. The van der Waals surface area contributed by atoms with Gasteiger partial charge in [0.25, 0.3) is 0 Å². The zero-order chi connectivity index (χ0) is 10.4. The van der Waals surface area contributed by atoms with Crippen molar-refractivity contribution >= 4 is 21.6 Å². The van der Waals surface area contributed by atoms with Crippen molar-refractivity contribution in [2.75, 3.05) is 26.1 Å². The Morgan fingerprint density at radius 1 is 1.36 bits per heavy atom. The lowest BCUT2D eigenvalue weighted by Gasteiger charge is -2.08. The number of benzene rings is 1. The maximum absolute atomic E-state index is 5.70. The molecule has 0 fully saturated rings. The lowest BCUT2D eigenvalue weighted by Crippen LogP contribution is -2.02. The summed E-state index contributed by atoms with van der Waals surface area (Å²) >= 11 is 3.37. The summed E-state index contributed by atoms with van der Waals surface area (Å²) in [5, 5.41) is 0. The molecule has 0 amide bonds. The number of methoxy groups -OCH3 is 1. The van der Waals surface area contributed by atoms with Gasteiger partial charge in [-0.05, 0) is 28.1 Å². The molecule has 1 aromatic rings. The van der Waals surface area contributed by atoms with Crippen molar-refractivity contribution in [3.8, 4) is 5.75 Å². The standard InChI is InChI=1S/C10H14BrNO2/c1-13-6-3-7-14-9-5-2-4-8(12)10(9)11/h2,4-5H,3,6-7,12H2,1H3. The van der Waals surface area contributed by atoms with Gasteiger partial charge in [-0.25, -0.2) is 0 Å². The minimum Gasteiger partial charge on any atom is -0.492 e. The number of halogens is 1. The molecular weight excluding hydrogens is 246 g/mol. The number of rotatable bonds is 5. The molecule has 0 aliphatic rings. The van der Waals surface area contributed by atoms with Crippen LogP contribution in [0.4, 0.5) is 5.69 Å². The molecule has 0 aliphatic carbocycles. The van der Waals surface area contributed by atoms with Gasteiger partial charge in [-0.2, -0.15) is 0 Å². The van der Waals surface area contributed by atoms with Crippen molar-refractivity contribution in [3.63, 3.8) is 0 Å². The van der Waals surface area contributed by atoms with Crippen molar-refractivity contribution < 1.29 is 9.47 Å². The van der Waals surface area contributed by atoms with E-state index in [1.807, 2.05) is 18.2 Å². The first kappa shape index (κ1) is 11.3. The topological polar surface area (TPSA) is 44.5 Å². The number of nitrogens with two attached hydrogens (primary N) is 1. The second-order valence-corrected chi connectivity index (χ2v) is 3.65. The van der Waals surface area contributed by atoms with Gasteiger partial charge in [0, 0.05) is 25.8 Å². The average molecular weight is 260 g/mol. The monoisotopic (exact) mass is 259 g/mol. The normalized spacial score (nSPS) is 10.1. The van der Waals surface area contributed by atoms with Crippen LogP contribution in [-0.2, 0) is 4.74 Å². The number of ether oxygens (including phenoxy) is 2. The van der Waals surface area contributed by atoms with Crippen molar-refractivity contribution in [2.24, 2.45) is 0 Å². The van der Waals surface area contributed by atoms with Gasteiger partial charge >= 0.3 is 0 Å². The van der Waals surface area contributed by atoms with Gasteiger partial charge in [-0.3, -0.25) is 0 Å². The van der Waals surface area contributed by atoms with Gasteiger partial charge in [0.05, 0.1) is 11.1 Å². The van der Waals surface area contributed by atoms with E-state index in [1.54, 1.807) is 7.11 Å². The smallest absolute Gasteiger partial charge is 0.135 e. The van der Waals surface area contributed by atoms with Crippen molar-refractivity contribution in [1.82, 2.24) is 0 Å². The molecule has 0 aromatic heterocycles. The predicted molar refractivity (Wildman–Crippen MR) is 60.5 cm³/mol. The first-order chi connectivity index (χ1) is 6.75. The van der Waals surface area contributed by atoms with Crippen LogP contribution in [0.5, 0.6) is 5.75 Å². The fourth-order valence-corrected chi connectivity index (χ4v) is 1.40. The first-order valence-corrected chi connectivity index (χ1v) is 5.20. The summed E-state index contributed by atoms with van der Waals surface area (Å²) < 4.78 is 11.2. The highest BCUT2D eigenvalue weighted by Crippen LogP contribution is 2.30. The highest BCUT2D eigenvalue weighted by atomic mass is 79.9. The summed E-state index contributed by atoms with van der Waals surface area (Å²) in [4.78, 5) is 0. The number of nitrogen functional groups attached to an aromatic ring is 1. The van der Waals surface area contributed by atoms with E-state index in [4.69, 9.17) is 15.2 Å². The number of anilines is 1. The molecule has 0 unspecified atom stereocenters. The van der Waals surface area contributed by atoms with Gasteiger partial charge in [0.2, 0.25) is 0 Å². The Kier molecular flexibility index (Phi) is 4.76. The average Bonchev–Trinajstić information content (AvgIpc) is 2.19. The molecule has 0 saturated carbocycles. The highest BCUT2D eigenvalue weighted by molar-refractivity contribution is 9.10. The molecule has 0 spiro atoms. The quantitative estimate of drug-likeness (QED) is 0.653. The molecule has 0 atom stereocenters. The second kappa shape index (κ2) is 5.88. The molecule has 14 heavy (non-hydrogen) atoms. The molecule has 3 nitrogen and oxygen atoms in total. The maximum atomic E-state index is 5.70. The summed E-state index contributed by atoms with van der Waals surface area (Å²) in [6.45, 7) is 1.34. The van der Waals surface area contributed by atoms with E-state index in [2.05, 4.69) is 15.9 Å². The number of hydrogen-bond donors (Lipinski definition) is 1. The van der Waals surface area contributed by atoms with Crippen LogP contribution in [0.3, 0.4) is 0 Å². The van der Waals surface area contributed by atoms with Crippen LogP contribution in [0.1, 0.15) is 6.42 Å². The van der Waals surface area contributed by atoms with Gasteiger partial charge in [0.1, 0.15) is 5.75 Å². The third-order valence-electron chi connectivity index (χ3n) is 1.74. The summed E-state index contributed by atoms with van der Waals surface area (Å²) in [7, 11) is 1.68. The van der Waals surface area contributed by atoms with Crippen LogP contribution in [0, 0.1) is 0 Å². The Bertz CT molecular complexity index is 291. The Morgan fingerprint density at radius 2 is 2.14 bits per heavy atom. The van der Waals surface area contributed by atoms with Crippen LogP contribution in [0.25, 0.3) is 0 Å². The lowest BCUT2D eigenvalue weighted by molar-refractivity contribution is 0.172. The van der Waals surface area contributed by atoms with Crippen LogP contribution in [0.15, 0.2) is 22.7 Å². The van der Waals surface area contributed by atoms with Crippen molar-refractivity contribution in [3.05, 3.63) is 22.7 Å². The Hall–Kier alpha value is -0.740. The fraction of sp³-hybridized carbons (Fsp3) is 0.400. The molecular formula is C10H14BrNO2. The van der Waals surface area contributed by atoms with Crippen LogP contribution in [0.2, 0.25) is 0 Å². The summed E-state index contributed by atoms with van der Waals surface area (Å²) in [5.41, 5.74) is 6.39. The molecule has 1 rings (SSSR count). The predicted octanol–water partition coefficient (Wildman–Crippen LogP) is 2.45. The SMILES string of the molecule is COCCCOc1cccc(N)c1Br. The van der Waals surface area contributed by atoms with Gasteiger partial charge < -0.3 is 15.2 Å². The lowest BCUT2D eigenvalue weighted by atomic mass is 10.3. The zero-order valence-electron chi connectivity index (χ0n) is 8.13. The minimum atomic E-state index is 0.635. The van der Waals surface area contributed by atoms with Crippen molar-refractivity contribution in [2.45, 2.75) is 6.42 Å². The Morgan fingerprint density at radius 3 is 2.86 bits per heavy atom. The Labute approximate surface area is 92.3 Å². The van der Waals surface area contributed by atoms with E-state index in [0.29, 0.717) is 18.9 Å². The maximum Gasteiger partial charge on any atom is 0.135 e. The third-order valence-corrected chi connectivity index (χ3v) is 2.59. The highest BCUT2D eigenvalue weighted by Gasteiger charge is 2.02. The molecule has 2 N–H and O–H groups in total. The molecule has 0 heterocycles. The van der Waals surface area contributed by atoms with E-state index in [1.165, 1.54) is 0 Å². The molecule has 1 aromatic carbocycles. The van der Waals surface area contributed by atoms with E-state index in [0.717, 1.165) is 16.6 Å². The van der Waals surface area contributed by atoms with Gasteiger partial charge in [0.15, 0.2) is 0 Å². The van der Waals surface area contributed by atoms with Gasteiger partial charge in [-0.1, -0.05) is 6.07 Å². The van der Waals surface area contributed by atoms with Crippen LogP contribution < -0.4 is 10.5 Å². The van der Waals surface area contributed by atoms with E-state index in [9.17, 15) is 0 Å². The van der Waals surface area contributed by atoms with Crippen LogP contribution >= 0.6 is 15.9 Å². The van der Waals surface area contributed by atoms with E-state index >= 15 is 0 Å². The van der Waals surface area contributed by atoms with E-state index < -0.39 is 0 Å². The summed E-state index contributed by atoms with van der Waals surface area (Å²) in [5.74, 6) is 0.779. The zero-order valence-corrected chi connectivity index (χ0v) is 9.71. The molecule has 0 aliphatic heterocycles. The summed E-state index contributed by atoms with van der Waals surface area (Å²) in [6.07, 6.45) is 0.873. The molecule has 78 valence electrons. The van der Waals surface area contributed by atoms with Crippen molar-refractivity contribution in [1.29, 1.82) is 0 Å². The van der Waals surface area contributed by atoms with E-state index in [-0.39, 0.29) is 0 Å². The number of hydrogen-bond acceptors (Lipinski definition) is 3. The van der Waals surface area contributed by atoms with Gasteiger partial charge in [-0.15, -0.1) is 0 Å².